The highest BCUT2D eigenvalue weighted by molar-refractivity contribution is 5.84. The fraction of sp³-hybridized carbons (Fsp3) is 0.667. The highest BCUT2D eigenvalue weighted by Gasteiger charge is 2.24. The van der Waals surface area contributed by atoms with Gasteiger partial charge in [-0.15, -0.1) is 0 Å². The largest absolute Gasteiger partial charge is 0.476 e. The Morgan fingerprint density at radius 1 is 1.65 bits per heavy atom. The van der Waals surface area contributed by atoms with Crippen LogP contribution >= 0.6 is 0 Å². The fourth-order valence-corrected chi connectivity index (χ4v) is 2.27. The van der Waals surface area contributed by atoms with E-state index in [4.69, 9.17) is 14.3 Å². The van der Waals surface area contributed by atoms with Gasteiger partial charge in [0, 0.05) is 0 Å². The predicted molar refractivity (Wildman–Crippen MR) is 60.1 cm³/mol. The summed E-state index contributed by atoms with van der Waals surface area (Å²) in [5, 5.41) is 8.71. The number of rotatable bonds is 4. The van der Waals surface area contributed by atoms with Gasteiger partial charge in [-0.25, -0.2) is 4.79 Å². The van der Waals surface area contributed by atoms with Gasteiger partial charge in [0.2, 0.25) is 0 Å². The molecular weight excluding hydrogens is 222 g/mol. The third kappa shape index (κ3) is 2.99. The van der Waals surface area contributed by atoms with Gasteiger partial charge in [-0.3, -0.25) is 0 Å². The molecule has 0 aromatic carbocycles. The lowest BCUT2D eigenvalue weighted by molar-refractivity contribution is 0.0687. The molecule has 94 valence electrons. The summed E-state index contributed by atoms with van der Waals surface area (Å²) in [5.41, 5.74) is -0.108. The molecule has 1 N–H and O–H groups in total. The molecule has 0 saturated heterocycles. The van der Waals surface area contributed by atoms with Gasteiger partial charge >= 0.3 is 12.0 Å². The maximum Gasteiger partial charge on any atom is 0.394 e. The Morgan fingerprint density at radius 3 is 3.12 bits per heavy atom. The fourth-order valence-electron chi connectivity index (χ4n) is 2.27. The van der Waals surface area contributed by atoms with Crippen LogP contribution in [0, 0.1) is 5.92 Å². The molecule has 1 saturated carbocycles. The first-order valence-corrected chi connectivity index (χ1v) is 6.04. The van der Waals surface area contributed by atoms with Gasteiger partial charge in [0.05, 0.1) is 0 Å². The molecule has 5 heteroatoms. The van der Waals surface area contributed by atoms with Crippen LogP contribution < -0.4 is 4.74 Å². The van der Waals surface area contributed by atoms with E-state index in [0.717, 1.165) is 31.9 Å². The van der Waals surface area contributed by atoms with Crippen LogP contribution in [0.1, 0.15) is 49.5 Å². The Morgan fingerprint density at radius 2 is 2.47 bits per heavy atom. The number of hydrogen-bond donors (Lipinski definition) is 1. The summed E-state index contributed by atoms with van der Waals surface area (Å²) < 4.78 is 10.6. The second kappa shape index (κ2) is 5.21. The molecule has 1 aliphatic rings. The maximum atomic E-state index is 10.6. The highest BCUT2D eigenvalue weighted by Crippen LogP contribution is 2.29. The summed E-state index contributed by atoms with van der Waals surface area (Å²) in [7, 11) is 0. The molecule has 1 aromatic rings. The molecular formula is C12H17NO4. The van der Waals surface area contributed by atoms with Crippen LogP contribution in [-0.4, -0.2) is 22.2 Å². The Bertz CT molecular complexity index is 388. The number of nitrogens with zero attached hydrogens (tertiary/aromatic N) is 1. The van der Waals surface area contributed by atoms with Crippen molar-refractivity contribution in [1.82, 2.24) is 4.98 Å². The molecule has 0 bridgehead atoms. The van der Waals surface area contributed by atoms with Gasteiger partial charge in [0.25, 0.3) is 0 Å². The zero-order valence-electron chi connectivity index (χ0n) is 9.89. The number of carboxylic acid groups (broad SMARTS) is 1. The van der Waals surface area contributed by atoms with Gasteiger partial charge in [0.15, 0.2) is 5.69 Å². The van der Waals surface area contributed by atoms with Crippen molar-refractivity contribution >= 4 is 5.97 Å². The predicted octanol–water partition coefficient (Wildman–Crippen LogP) is 2.72. The molecule has 0 amide bonds. The minimum absolute atomic E-state index is 0.0733. The van der Waals surface area contributed by atoms with Gasteiger partial charge < -0.3 is 14.3 Å². The van der Waals surface area contributed by atoms with Gasteiger partial charge in [-0.2, -0.15) is 4.98 Å². The smallest absolute Gasteiger partial charge is 0.394 e. The quantitative estimate of drug-likeness (QED) is 0.874. The van der Waals surface area contributed by atoms with E-state index >= 15 is 0 Å². The molecule has 0 aliphatic heterocycles. The van der Waals surface area contributed by atoms with Crippen molar-refractivity contribution in [3.63, 3.8) is 0 Å². The van der Waals surface area contributed by atoms with Crippen LogP contribution in [0.15, 0.2) is 10.7 Å². The third-order valence-corrected chi connectivity index (χ3v) is 3.28. The lowest BCUT2D eigenvalue weighted by atomic mass is 9.86. The number of oxazole rings is 1. The molecule has 17 heavy (non-hydrogen) atoms. The first-order valence-electron chi connectivity index (χ1n) is 6.04. The average Bonchev–Trinajstić information content (AvgIpc) is 2.78. The van der Waals surface area contributed by atoms with E-state index in [1.807, 2.05) is 0 Å². The first-order chi connectivity index (χ1) is 8.19. The van der Waals surface area contributed by atoms with E-state index in [9.17, 15) is 4.79 Å². The summed E-state index contributed by atoms with van der Waals surface area (Å²) in [4.78, 5) is 14.4. The standard InChI is InChI=1S/C12H17NO4/c1-2-8-4-3-5-9(6-8)17-12-13-10(7-16-12)11(14)15/h7-9H,2-6H2,1H3,(H,14,15). The normalized spacial score (nSPS) is 24.5. The summed E-state index contributed by atoms with van der Waals surface area (Å²) in [6.45, 7) is 2.18. The number of aromatic nitrogens is 1. The molecule has 5 nitrogen and oxygen atoms in total. The Balaban J connectivity index is 1.93. The van der Waals surface area contributed by atoms with E-state index in [2.05, 4.69) is 11.9 Å². The molecule has 1 heterocycles. The lowest BCUT2D eigenvalue weighted by Crippen LogP contribution is -2.25. The molecule has 0 spiro atoms. The molecule has 1 aliphatic carbocycles. The van der Waals surface area contributed by atoms with Crippen molar-refractivity contribution in [2.24, 2.45) is 5.92 Å². The van der Waals surface area contributed by atoms with E-state index in [1.54, 1.807) is 0 Å². The van der Waals surface area contributed by atoms with Gasteiger partial charge in [-0.1, -0.05) is 19.8 Å². The van der Waals surface area contributed by atoms with Crippen molar-refractivity contribution < 1.29 is 19.1 Å². The van der Waals surface area contributed by atoms with Crippen molar-refractivity contribution in [2.75, 3.05) is 0 Å². The average molecular weight is 239 g/mol. The molecule has 2 unspecified atom stereocenters. The first kappa shape index (κ1) is 12.0. The number of aromatic carboxylic acids is 1. The maximum absolute atomic E-state index is 10.6. The second-order valence-electron chi connectivity index (χ2n) is 4.48. The van der Waals surface area contributed by atoms with E-state index in [0.29, 0.717) is 5.92 Å². The monoisotopic (exact) mass is 239 g/mol. The van der Waals surface area contributed by atoms with Crippen molar-refractivity contribution in [1.29, 1.82) is 0 Å². The number of ether oxygens (including phenoxy) is 1. The Hall–Kier alpha value is -1.52. The Kier molecular flexibility index (Phi) is 3.66. The van der Waals surface area contributed by atoms with Crippen molar-refractivity contribution in [3.8, 4) is 6.08 Å². The molecule has 2 rings (SSSR count). The summed E-state index contributed by atoms with van der Waals surface area (Å²) >= 11 is 0. The van der Waals surface area contributed by atoms with Crippen LogP contribution in [0.4, 0.5) is 0 Å². The lowest BCUT2D eigenvalue weighted by Gasteiger charge is -2.27. The minimum Gasteiger partial charge on any atom is -0.476 e. The third-order valence-electron chi connectivity index (χ3n) is 3.28. The van der Waals surface area contributed by atoms with E-state index in [1.165, 1.54) is 6.42 Å². The topological polar surface area (TPSA) is 72.6 Å². The minimum atomic E-state index is -1.10. The molecule has 1 aromatic heterocycles. The molecule has 1 fully saturated rings. The van der Waals surface area contributed by atoms with Gasteiger partial charge in [-0.05, 0) is 25.2 Å². The van der Waals surface area contributed by atoms with Gasteiger partial charge in [0.1, 0.15) is 12.4 Å². The van der Waals surface area contributed by atoms with E-state index in [-0.39, 0.29) is 17.9 Å². The summed E-state index contributed by atoms with van der Waals surface area (Å²) in [6, 6.07) is 0. The van der Waals surface area contributed by atoms with Crippen LogP contribution in [0.2, 0.25) is 0 Å². The summed E-state index contributed by atoms with van der Waals surface area (Å²) in [5.74, 6) is -0.402. The second-order valence-corrected chi connectivity index (χ2v) is 4.48. The Labute approximate surface area is 99.8 Å². The number of hydrogen-bond acceptors (Lipinski definition) is 4. The van der Waals surface area contributed by atoms with Crippen LogP contribution in [0.5, 0.6) is 6.08 Å². The van der Waals surface area contributed by atoms with E-state index < -0.39 is 5.97 Å². The van der Waals surface area contributed by atoms with Crippen molar-refractivity contribution in [3.05, 3.63) is 12.0 Å². The van der Waals surface area contributed by atoms with Crippen molar-refractivity contribution in [2.45, 2.75) is 45.1 Å². The number of carboxylic acids is 1. The molecule has 0 radical (unpaired) electrons. The molecule has 2 atom stereocenters. The highest BCUT2D eigenvalue weighted by atomic mass is 16.6. The van der Waals surface area contributed by atoms with Crippen LogP contribution in [0.3, 0.4) is 0 Å². The summed E-state index contributed by atoms with van der Waals surface area (Å²) in [6.07, 6.45) is 6.84. The number of carbonyl (C=O) groups is 1. The zero-order valence-corrected chi connectivity index (χ0v) is 9.89. The van der Waals surface area contributed by atoms with Crippen LogP contribution in [0.25, 0.3) is 0 Å². The zero-order chi connectivity index (χ0) is 12.3. The SMILES string of the molecule is CCC1CCCC(Oc2nc(C(=O)O)co2)C1. The van der Waals surface area contributed by atoms with Crippen LogP contribution in [-0.2, 0) is 0 Å².